The minimum absolute atomic E-state index is 0.155. The molecule has 2 unspecified atom stereocenters. The van der Waals surface area contributed by atoms with Crippen molar-refractivity contribution < 1.29 is 4.79 Å². The molecule has 3 aromatic rings. The Balaban J connectivity index is 1.51. The van der Waals surface area contributed by atoms with E-state index in [2.05, 4.69) is 27.8 Å². The summed E-state index contributed by atoms with van der Waals surface area (Å²) in [5, 5.41) is 9.28. The predicted molar refractivity (Wildman–Crippen MR) is 119 cm³/mol. The van der Waals surface area contributed by atoms with E-state index in [0.29, 0.717) is 0 Å². The summed E-state index contributed by atoms with van der Waals surface area (Å²) in [7, 11) is 0. The highest BCUT2D eigenvalue weighted by Gasteiger charge is 2.39. The fourth-order valence-electron chi connectivity index (χ4n) is 4.20. The lowest BCUT2D eigenvalue weighted by atomic mass is 10.0. The number of carbonyl (C=O) groups is 1. The van der Waals surface area contributed by atoms with Crippen LogP contribution in [0.3, 0.4) is 0 Å². The highest BCUT2D eigenvalue weighted by atomic mass is 32.2. The largest absolute Gasteiger partial charge is 0.342 e. The van der Waals surface area contributed by atoms with E-state index in [9.17, 15) is 4.79 Å². The van der Waals surface area contributed by atoms with Gasteiger partial charge in [0.2, 0.25) is 11.1 Å². The molecule has 2 aromatic carbocycles. The zero-order valence-corrected chi connectivity index (χ0v) is 17.6. The molecule has 0 bridgehead atoms. The molecule has 6 nitrogen and oxygen atoms in total. The van der Waals surface area contributed by atoms with Crippen molar-refractivity contribution in [1.29, 1.82) is 0 Å². The zero-order valence-electron chi connectivity index (χ0n) is 16.8. The summed E-state index contributed by atoms with van der Waals surface area (Å²) in [5.41, 5.74) is 5.66. The van der Waals surface area contributed by atoms with Crippen molar-refractivity contribution in [3.05, 3.63) is 66.2 Å². The van der Waals surface area contributed by atoms with Gasteiger partial charge in [-0.05, 0) is 18.4 Å². The Hall–Kier alpha value is -2.80. The number of thioether (sulfide) groups is 1. The summed E-state index contributed by atoms with van der Waals surface area (Å²) in [5.74, 6) is 0.957. The van der Waals surface area contributed by atoms with E-state index in [1.165, 1.54) is 24.6 Å². The van der Waals surface area contributed by atoms with Gasteiger partial charge in [0.05, 0.1) is 6.04 Å². The highest BCUT2D eigenvalue weighted by Crippen LogP contribution is 2.39. The maximum Gasteiger partial charge on any atom is 0.238 e. The molecule has 7 heteroatoms. The summed E-state index contributed by atoms with van der Waals surface area (Å²) < 4.78 is 1.93. The maximum absolute atomic E-state index is 13.6. The molecule has 0 spiro atoms. The van der Waals surface area contributed by atoms with Crippen molar-refractivity contribution in [2.24, 2.45) is 0 Å². The first-order valence-electron chi connectivity index (χ1n) is 10.6. The van der Waals surface area contributed by atoms with Gasteiger partial charge in [0, 0.05) is 18.7 Å². The topological polar surface area (TPSA) is 63.1 Å². The Labute approximate surface area is 180 Å². The number of carbonyl (C=O) groups excluding carboxylic acids is 1. The van der Waals surface area contributed by atoms with Crippen molar-refractivity contribution in [3.8, 4) is 11.4 Å². The second-order valence-electron chi connectivity index (χ2n) is 7.80. The number of hydrogen-bond acceptors (Lipinski definition) is 5. The molecule has 1 fully saturated rings. The van der Waals surface area contributed by atoms with E-state index in [4.69, 9.17) is 0 Å². The molecule has 1 saturated heterocycles. The average Bonchev–Trinajstić information content (AvgIpc) is 3.02. The second kappa shape index (κ2) is 8.52. The van der Waals surface area contributed by atoms with Crippen molar-refractivity contribution >= 4 is 17.7 Å². The molecular weight excluding hydrogens is 394 g/mol. The molecular formula is C23H25N5OS. The molecule has 2 aliphatic heterocycles. The third-order valence-corrected chi connectivity index (χ3v) is 6.99. The van der Waals surface area contributed by atoms with Gasteiger partial charge in [-0.1, -0.05) is 85.3 Å². The number of nitrogens with zero attached hydrogens (tertiary/aromatic N) is 4. The molecule has 154 valence electrons. The molecule has 0 radical (unpaired) electrons. The number of likely N-dealkylation sites (tertiary alicyclic amines) is 1. The number of nitrogens with one attached hydrogen (secondary N) is 1. The van der Waals surface area contributed by atoms with Gasteiger partial charge in [-0.2, -0.15) is 0 Å². The van der Waals surface area contributed by atoms with Crippen LogP contribution in [0.1, 0.15) is 37.3 Å². The van der Waals surface area contributed by atoms with Gasteiger partial charge >= 0.3 is 0 Å². The Morgan fingerprint density at radius 1 is 0.900 bits per heavy atom. The van der Waals surface area contributed by atoms with E-state index in [1.807, 2.05) is 58.1 Å². The average molecular weight is 420 g/mol. The van der Waals surface area contributed by atoms with Crippen LogP contribution in [0.2, 0.25) is 0 Å². The van der Waals surface area contributed by atoms with Crippen molar-refractivity contribution in [2.45, 2.75) is 42.1 Å². The SMILES string of the molecule is O=C(C1Sc2nnc(-c3ccccc3)n2NC1c1ccccc1)N1CCCCCC1. The number of hydrogen-bond donors (Lipinski definition) is 1. The third-order valence-electron chi connectivity index (χ3n) is 5.79. The number of amides is 1. The molecule has 2 atom stereocenters. The predicted octanol–water partition coefficient (Wildman–Crippen LogP) is 4.11. The lowest BCUT2D eigenvalue weighted by molar-refractivity contribution is -0.131. The molecule has 3 heterocycles. The number of fused-ring (bicyclic) bond motifs is 1. The van der Waals surface area contributed by atoms with Gasteiger partial charge in [-0.25, -0.2) is 4.68 Å². The summed E-state index contributed by atoms with van der Waals surface area (Å²) in [6, 6.07) is 20.1. The van der Waals surface area contributed by atoms with E-state index >= 15 is 0 Å². The molecule has 5 rings (SSSR count). The normalized spacial score (nSPS) is 21.4. The van der Waals surface area contributed by atoms with Crippen LogP contribution in [-0.2, 0) is 4.79 Å². The van der Waals surface area contributed by atoms with Crippen LogP contribution in [0.4, 0.5) is 0 Å². The van der Waals surface area contributed by atoms with Gasteiger partial charge in [-0.3, -0.25) is 4.79 Å². The van der Waals surface area contributed by atoms with Crippen molar-refractivity contribution in [3.63, 3.8) is 0 Å². The summed E-state index contributed by atoms with van der Waals surface area (Å²) in [6.07, 6.45) is 4.58. The van der Waals surface area contributed by atoms with Gasteiger partial charge < -0.3 is 10.3 Å². The number of benzene rings is 2. The Morgan fingerprint density at radius 2 is 1.57 bits per heavy atom. The van der Waals surface area contributed by atoms with Gasteiger partial charge in [0.25, 0.3) is 0 Å². The monoisotopic (exact) mass is 419 g/mol. The summed E-state index contributed by atoms with van der Waals surface area (Å²) in [4.78, 5) is 15.6. The fourth-order valence-corrected chi connectivity index (χ4v) is 5.36. The quantitative estimate of drug-likeness (QED) is 0.692. The van der Waals surface area contributed by atoms with Crippen LogP contribution in [0.5, 0.6) is 0 Å². The molecule has 0 aliphatic carbocycles. The number of aromatic nitrogens is 3. The van der Waals surface area contributed by atoms with Gasteiger partial charge in [-0.15, -0.1) is 10.2 Å². The van der Waals surface area contributed by atoms with Gasteiger partial charge in [0.1, 0.15) is 5.25 Å². The molecule has 2 aliphatic rings. The Morgan fingerprint density at radius 3 is 2.27 bits per heavy atom. The van der Waals surface area contributed by atoms with E-state index in [1.54, 1.807) is 0 Å². The van der Waals surface area contributed by atoms with E-state index in [-0.39, 0.29) is 17.2 Å². The minimum Gasteiger partial charge on any atom is -0.342 e. The van der Waals surface area contributed by atoms with Crippen LogP contribution < -0.4 is 5.43 Å². The Bertz CT molecular complexity index is 999. The Kier molecular flexibility index (Phi) is 5.45. The van der Waals surface area contributed by atoms with Crippen LogP contribution in [0.15, 0.2) is 65.8 Å². The van der Waals surface area contributed by atoms with Crippen LogP contribution >= 0.6 is 11.8 Å². The van der Waals surface area contributed by atoms with E-state index < -0.39 is 0 Å². The molecule has 1 aromatic heterocycles. The maximum atomic E-state index is 13.6. The van der Waals surface area contributed by atoms with E-state index in [0.717, 1.165) is 48.0 Å². The van der Waals surface area contributed by atoms with Gasteiger partial charge in [0.15, 0.2) is 5.82 Å². The van der Waals surface area contributed by atoms with Crippen molar-refractivity contribution in [1.82, 2.24) is 19.8 Å². The first kappa shape index (κ1) is 19.2. The lowest BCUT2D eigenvalue weighted by Gasteiger charge is -2.35. The summed E-state index contributed by atoms with van der Waals surface area (Å²) >= 11 is 1.52. The standard InChI is InChI=1S/C23H25N5OS/c29-22(27-15-9-1-2-10-16-27)20-19(17-11-5-3-6-12-17)26-28-21(24-25-23(28)30-20)18-13-7-4-8-14-18/h3-8,11-14,19-20,26H,1-2,9-10,15-16H2. The van der Waals surface area contributed by atoms with Crippen LogP contribution in [-0.4, -0.2) is 44.0 Å². The van der Waals surface area contributed by atoms with Crippen molar-refractivity contribution in [2.75, 3.05) is 18.5 Å². The molecule has 30 heavy (non-hydrogen) atoms. The second-order valence-corrected chi connectivity index (χ2v) is 8.91. The third kappa shape index (κ3) is 3.69. The van der Waals surface area contributed by atoms with Crippen LogP contribution in [0, 0.1) is 0 Å². The molecule has 0 saturated carbocycles. The highest BCUT2D eigenvalue weighted by molar-refractivity contribution is 8.00. The zero-order chi connectivity index (χ0) is 20.3. The smallest absolute Gasteiger partial charge is 0.238 e. The first-order chi connectivity index (χ1) is 14.8. The molecule has 1 amide bonds. The fraction of sp³-hybridized carbons (Fsp3) is 0.348. The summed E-state index contributed by atoms with van der Waals surface area (Å²) in [6.45, 7) is 1.69. The molecule has 1 N–H and O–H groups in total. The number of rotatable bonds is 3. The first-order valence-corrected chi connectivity index (χ1v) is 11.5. The lowest BCUT2D eigenvalue weighted by Crippen LogP contribution is -2.46. The van der Waals surface area contributed by atoms with Crippen LogP contribution in [0.25, 0.3) is 11.4 Å². The minimum atomic E-state index is -0.272.